The Morgan fingerprint density at radius 3 is 3.00 bits per heavy atom. The number of aliphatic hydroxyl groups is 1. The van der Waals surface area contributed by atoms with Crippen LogP contribution in [-0.2, 0) is 6.42 Å². The molecule has 3 nitrogen and oxygen atoms in total. The third kappa shape index (κ3) is 1.69. The summed E-state index contributed by atoms with van der Waals surface area (Å²) in [6.07, 6.45) is 0.917. The van der Waals surface area contributed by atoms with Gasteiger partial charge in [-0.3, -0.25) is 0 Å². The van der Waals surface area contributed by atoms with E-state index in [2.05, 4.69) is 6.07 Å². The predicted molar refractivity (Wildman–Crippen MR) is 55.4 cm³/mol. The van der Waals surface area contributed by atoms with E-state index in [4.69, 9.17) is 10.00 Å². The maximum atomic E-state index is 9.96. The van der Waals surface area contributed by atoms with Crippen LogP contribution in [0.15, 0.2) is 18.2 Å². The first-order valence-electron chi connectivity index (χ1n) is 5.00. The van der Waals surface area contributed by atoms with Crippen LogP contribution in [0, 0.1) is 17.2 Å². The van der Waals surface area contributed by atoms with Gasteiger partial charge in [-0.2, -0.15) is 5.26 Å². The van der Waals surface area contributed by atoms with Crippen LogP contribution in [0.3, 0.4) is 0 Å². The van der Waals surface area contributed by atoms with Crippen LogP contribution in [0.4, 0.5) is 0 Å². The van der Waals surface area contributed by atoms with Crippen molar-refractivity contribution in [3.63, 3.8) is 0 Å². The zero-order valence-corrected chi connectivity index (χ0v) is 8.60. The van der Waals surface area contributed by atoms with Crippen molar-refractivity contribution < 1.29 is 9.84 Å². The molecule has 1 aliphatic carbocycles. The summed E-state index contributed by atoms with van der Waals surface area (Å²) in [4.78, 5) is 0. The number of benzene rings is 1. The van der Waals surface area contributed by atoms with Crippen molar-refractivity contribution in [1.29, 1.82) is 5.26 Å². The average molecular weight is 203 g/mol. The Morgan fingerprint density at radius 1 is 1.53 bits per heavy atom. The van der Waals surface area contributed by atoms with Gasteiger partial charge in [-0.05, 0) is 36.1 Å². The number of hydrogen-bond donors (Lipinski definition) is 1. The molecule has 3 heteroatoms. The maximum absolute atomic E-state index is 9.96. The third-order valence-electron chi connectivity index (χ3n) is 2.94. The zero-order valence-electron chi connectivity index (χ0n) is 8.60. The standard InChI is InChI=1S/C12H13NO2/c1-15-10-5-4-8-2-3-9(7-13)12(14)11(8)6-10/h4-6,9,12,14H,2-3H2,1H3/t9-,12+/m0/s1. The summed E-state index contributed by atoms with van der Waals surface area (Å²) in [5.41, 5.74) is 1.96. The van der Waals surface area contributed by atoms with Crippen molar-refractivity contribution in [1.82, 2.24) is 0 Å². The van der Waals surface area contributed by atoms with Crippen LogP contribution in [0.5, 0.6) is 5.75 Å². The van der Waals surface area contributed by atoms with Gasteiger partial charge in [0.2, 0.25) is 0 Å². The van der Waals surface area contributed by atoms with Crippen LogP contribution < -0.4 is 4.74 Å². The van der Waals surface area contributed by atoms with Gasteiger partial charge in [0, 0.05) is 0 Å². The average Bonchev–Trinajstić information content (AvgIpc) is 2.29. The highest BCUT2D eigenvalue weighted by Gasteiger charge is 2.27. The van der Waals surface area contributed by atoms with Gasteiger partial charge in [-0.25, -0.2) is 0 Å². The largest absolute Gasteiger partial charge is 0.497 e. The summed E-state index contributed by atoms with van der Waals surface area (Å²) in [5, 5.41) is 18.8. The van der Waals surface area contributed by atoms with Crippen molar-refractivity contribution in [2.45, 2.75) is 18.9 Å². The van der Waals surface area contributed by atoms with Crippen LogP contribution in [0.25, 0.3) is 0 Å². The quantitative estimate of drug-likeness (QED) is 0.757. The fourth-order valence-corrected chi connectivity index (χ4v) is 2.02. The number of aryl methyl sites for hydroxylation is 1. The van der Waals surface area contributed by atoms with Crippen molar-refractivity contribution in [3.05, 3.63) is 29.3 Å². The Bertz CT molecular complexity index is 409. The predicted octanol–water partition coefficient (Wildman–Crippen LogP) is 1.81. The number of hydrogen-bond acceptors (Lipinski definition) is 3. The van der Waals surface area contributed by atoms with E-state index in [1.54, 1.807) is 7.11 Å². The molecule has 0 bridgehead atoms. The lowest BCUT2D eigenvalue weighted by Gasteiger charge is -2.25. The smallest absolute Gasteiger partial charge is 0.119 e. The van der Waals surface area contributed by atoms with E-state index in [0.717, 1.165) is 29.7 Å². The van der Waals surface area contributed by atoms with E-state index >= 15 is 0 Å². The Morgan fingerprint density at radius 2 is 2.33 bits per heavy atom. The van der Waals surface area contributed by atoms with Crippen LogP contribution in [-0.4, -0.2) is 12.2 Å². The number of fused-ring (bicyclic) bond motifs is 1. The van der Waals surface area contributed by atoms with Gasteiger partial charge in [0.25, 0.3) is 0 Å². The summed E-state index contributed by atoms with van der Waals surface area (Å²) in [6.45, 7) is 0. The molecule has 1 aromatic rings. The van der Waals surface area contributed by atoms with Gasteiger partial charge in [-0.15, -0.1) is 0 Å². The first kappa shape index (κ1) is 10.0. The summed E-state index contributed by atoms with van der Waals surface area (Å²) in [6, 6.07) is 7.81. The minimum atomic E-state index is -0.672. The van der Waals surface area contributed by atoms with Gasteiger partial charge in [0.1, 0.15) is 5.75 Å². The molecule has 0 radical (unpaired) electrons. The van der Waals surface area contributed by atoms with E-state index in [1.165, 1.54) is 0 Å². The van der Waals surface area contributed by atoms with Gasteiger partial charge < -0.3 is 9.84 Å². The Kier molecular flexibility index (Phi) is 2.61. The second-order valence-electron chi connectivity index (χ2n) is 3.78. The monoisotopic (exact) mass is 203 g/mol. The van der Waals surface area contributed by atoms with E-state index in [9.17, 15) is 5.11 Å². The van der Waals surface area contributed by atoms with E-state index < -0.39 is 6.10 Å². The summed E-state index contributed by atoms with van der Waals surface area (Å²) >= 11 is 0. The first-order chi connectivity index (χ1) is 7.26. The van der Waals surface area contributed by atoms with Crippen LogP contribution in [0.1, 0.15) is 23.7 Å². The summed E-state index contributed by atoms with van der Waals surface area (Å²) < 4.78 is 5.10. The molecule has 0 saturated carbocycles. The van der Waals surface area contributed by atoms with Gasteiger partial charge in [0.15, 0.2) is 0 Å². The molecule has 0 heterocycles. The van der Waals surface area contributed by atoms with E-state index in [-0.39, 0.29) is 5.92 Å². The molecule has 0 spiro atoms. The fraction of sp³-hybridized carbons (Fsp3) is 0.417. The molecule has 0 unspecified atom stereocenters. The number of nitrogens with zero attached hydrogens (tertiary/aromatic N) is 1. The number of ether oxygens (including phenoxy) is 1. The van der Waals surface area contributed by atoms with Crippen LogP contribution in [0.2, 0.25) is 0 Å². The Hall–Kier alpha value is -1.53. The highest BCUT2D eigenvalue weighted by molar-refractivity contribution is 5.39. The molecule has 0 fully saturated rings. The van der Waals surface area contributed by atoms with Crippen molar-refractivity contribution in [2.75, 3.05) is 7.11 Å². The minimum Gasteiger partial charge on any atom is -0.497 e. The summed E-state index contributed by atoms with van der Waals surface area (Å²) in [7, 11) is 1.60. The molecule has 2 atom stereocenters. The van der Waals surface area contributed by atoms with Gasteiger partial charge >= 0.3 is 0 Å². The lowest BCUT2D eigenvalue weighted by atomic mass is 9.82. The van der Waals surface area contributed by atoms with Crippen molar-refractivity contribution >= 4 is 0 Å². The molecule has 0 amide bonds. The van der Waals surface area contributed by atoms with Crippen molar-refractivity contribution in [2.24, 2.45) is 5.92 Å². The van der Waals surface area contributed by atoms with Crippen LogP contribution >= 0.6 is 0 Å². The highest BCUT2D eigenvalue weighted by Crippen LogP contribution is 2.35. The SMILES string of the molecule is COc1ccc2c(c1)[C@H](O)[C@H](C#N)CC2. The molecular weight excluding hydrogens is 190 g/mol. The first-order valence-corrected chi connectivity index (χ1v) is 5.00. The highest BCUT2D eigenvalue weighted by atomic mass is 16.5. The lowest BCUT2D eigenvalue weighted by molar-refractivity contribution is 0.121. The zero-order chi connectivity index (χ0) is 10.8. The van der Waals surface area contributed by atoms with E-state index in [1.807, 2.05) is 18.2 Å². The maximum Gasteiger partial charge on any atom is 0.119 e. The van der Waals surface area contributed by atoms with Gasteiger partial charge in [-0.1, -0.05) is 6.07 Å². The molecular formula is C12H13NO2. The molecule has 1 aliphatic rings. The number of rotatable bonds is 1. The number of methoxy groups -OCH3 is 1. The van der Waals surface area contributed by atoms with E-state index in [0.29, 0.717) is 0 Å². The Labute approximate surface area is 88.9 Å². The lowest BCUT2D eigenvalue weighted by Crippen LogP contribution is -2.19. The Balaban J connectivity index is 2.41. The molecule has 2 rings (SSSR count). The molecule has 1 aromatic carbocycles. The topological polar surface area (TPSA) is 53.2 Å². The molecule has 1 N–H and O–H groups in total. The second kappa shape index (κ2) is 3.92. The molecule has 0 aliphatic heterocycles. The normalized spacial score (nSPS) is 24.1. The number of aliphatic hydroxyl groups excluding tert-OH is 1. The van der Waals surface area contributed by atoms with Crippen molar-refractivity contribution in [3.8, 4) is 11.8 Å². The molecule has 0 aromatic heterocycles. The summed E-state index contributed by atoms with van der Waals surface area (Å²) in [5.74, 6) is 0.441. The fourth-order valence-electron chi connectivity index (χ4n) is 2.02. The molecule has 15 heavy (non-hydrogen) atoms. The second-order valence-corrected chi connectivity index (χ2v) is 3.78. The third-order valence-corrected chi connectivity index (χ3v) is 2.94. The van der Waals surface area contributed by atoms with Gasteiger partial charge in [0.05, 0.1) is 25.2 Å². The molecule has 78 valence electrons. The number of nitriles is 1. The molecule has 0 saturated heterocycles. The minimum absolute atomic E-state index is 0.287.